The molecule has 1 N–H and O–H groups in total. The summed E-state index contributed by atoms with van der Waals surface area (Å²) in [7, 11) is 1.53. The van der Waals surface area contributed by atoms with Gasteiger partial charge < -0.3 is 14.8 Å². The topological polar surface area (TPSA) is 114 Å². The van der Waals surface area contributed by atoms with Crippen molar-refractivity contribution < 1.29 is 19.2 Å². The molecule has 8 nitrogen and oxygen atoms in total. The number of carbonyl (C=O) groups is 1. The first-order chi connectivity index (χ1) is 15.5. The van der Waals surface area contributed by atoms with E-state index in [4.69, 9.17) is 9.47 Å². The van der Waals surface area contributed by atoms with Crippen molar-refractivity contribution >= 4 is 23.4 Å². The van der Waals surface area contributed by atoms with Crippen LogP contribution in [0.2, 0.25) is 0 Å². The van der Waals surface area contributed by atoms with Crippen molar-refractivity contribution in [1.29, 1.82) is 5.26 Å². The van der Waals surface area contributed by atoms with Crippen molar-refractivity contribution in [2.45, 2.75) is 6.61 Å². The number of nitrogens with one attached hydrogen (secondary N) is 1. The third-order valence-corrected chi connectivity index (χ3v) is 4.44. The minimum absolute atomic E-state index is 0.0969. The van der Waals surface area contributed by atoms with Crippen LogP contribution in [-0.2, 0) is 11.4 Å². The molecule has 0 radical (unpaired) electrons. The zero-order valence-electron chi connectivity index (χ0n) is 17.1. The third-order valence-electron chi connectivity index (χ3n) is 4.44. The maximum absolute atomic E-state index is 12.5. The van der Waals surface area contributed by atoms with Crippen molar-refractivity contribution in [3.05, 3.63) is 99.6 Å². The molecule has 3 aromatic rings. The Morgan fingerprint density at radius 1 is 1.09 bits per heavy atom. The van der Waals surface area contributed by atoms with Crippen molar-refractivity contribution in [2.24, 2.45) is 0 Å². The first-order valence-electron chi connectivity index (χ1n) is 9.52. The van der Waals surface area contributed by atoms with E-state index in [1.54, 1.807) is 18.2 Å². The second-order valence-corrected chi connectivity index (χ2v) is 6.61. The van der Waals surface area contributed by atoms with Crippen molar-refractivity contribution in [1.82, 2.24) is 0 Å². The Morgan fingerprint density at radius 2 is 1.81 bits per heavy atom. The van der Waals surface area contributed by atoms with Gasteiger partial charge in [0.25, 0.3) is 11.6 Å². The molecule has 3 aromatic carbocycles. The maximum atomic E-state index is 12.5. The fraction of sp³-hybridized carbons (Fsp3) is 0.0833. The van der Waals surface area contributed by atoms with Gasteiger partial charge in [0.1, 0.15) is 18.2 Å². The smallest absolute Gasteiger partial charge is 0.269 e. The summed E-state index contributed by atoms with van der Waals surface area (Å²) in [5.74, 6) is 0.356. The number of non-ortho nitro benzene ring substituents is 1. The number of amides is 1. The average Bonchev–Trinajstić information content (AvgIpc) is 2.82. The molecular formula is C24H19N3O5. The van der Waals surface area contributed by atoms with Gasteiger partial charge in [-0.2, -0.15) is 5.26 Å². The summed E-state index contributed by atoms with van der Waals surface area (Å²) in [5.41, 5.74) is 1.66. The van der Waals surface area contributed by atoms with E-state index in [9.17, 15) is 20.2 Å². The fourth-order valence-electron chi connectivity index (χ4n) is 2.81. The molecule has 0 aliphatic carbocycles. The monoisotopic (exact) mass is 429 g/mol. The zero-order valence-corrected chi connectivity index (χ0v) is 17.1. The number of hydrogen-bond acceptors (Lipinski definition) is 6. The molecule has 0 bridgehead atoms. The lowest BCUT2D eigenvalue weighted by Gasteiger charge is -2.12. The van der Waals surface area contributed by atoms with E-state index in [1.807, 2.05) is 36.4 Å². The molecule has 0 saturated heterocycles. The first kappa shape index (κ1) is 22.1. The highest BCUT2D eigenvalue weighted by Crippen LogP contribution is 2.30. The molecule has 0 atom stereocenters. The molecule has 160 valence electrons. The molecule has 32 heavy (non-hydrogen) atoms. The molecule has 1 amide bonds. The summed E-state index contributed by atoms with van der Waals surface area (Å²) in [6, 6.07) is 21.9. The van der Waals surface area contributed by atoms with Gasteiger partial charge in [0, 0.05) is 17.8 Å². The maximum Gasteiger partial charge on any atom is 0.269 e. The molecule has 0 aliphatic rings. The Bertz CT molecular complexity index is 1180. The number of ether oxygens (including phenoxy) is 2. The van der Waals surface area contributed by atoms with Crippen LogP contribution in [0.4, 0.5) is 11.4 Å². The van der Waals surface area contributed by atoms with Gasteiger partial charge in [-0.3, -0.25) is 14.9 Å². The molecule has 8 heteroatoms. The Hall–Kier alpha value is -4.64. The highest BCUT2D eigenvalue weighted by Gasteiger charge is 2.12. The quantitative estimate of drug-likeness (QED) is 0.240. The van der Waals surface area contributed by atoms with Gasteiger partial charge in [0.15, 0.2) is 11.5 Å². The Morgan fingerprint density at radius 3 is 2.44 bits per heavy atom. The number of benzene rings is 3. The van der Waals surface area contributed by atoms with E-state index < -0.39 is 10.8 Å². The Kier molecular flexibility index (Phi) is 7.17. The van der Waals surface area contributed by atoms with Gasteiger partial charge in [-0.15, -0.1) is 0 Å². The summed E-state index contributed by atoms with van der Waals surface area (Å²) in [6.45, 7) is 0.329. The normalized spacial score (nSPS) is 10.7. The van der Waals surface area contributed by atoms with E-state index >= 15 is 0 Å². The number of hydrogen-bond donors (Lipinski definition) is 1. The van der Waals surface area contributed by atoms with E-state index in [0.29, 0.717) is 29.4 Å². The molecule has 0 saturated carbocycles. The fourth-order valence-corrected chi connectivity index (χ4v) is 2.81. The largest absolute Gasteiger partial charge is 0.493 e. The second kappa shape index (κ2) is 10.4. The SMILES string of the molecule is COc1ccc(/C=C(\C#N)C(=O)Nc2ccc([N+](=O)[O-])cc2)cc1OCc1ccccc1. The van der Waals surface area contributed by atoms with Crippen LogP contribution in [0.25, 0.3) is 6.08 Å². The first-order valence-corrected chi connectivity index (χ1v) is 9.52. The number of nitro benzene ring substituents is 1. The zero-order chi connectivity index (χ0) is 22.9. The highest BCUT2D eigenvalue weighted by molar-refractivity contribution is 6.09. The number of rotatable bonds is 8. The van der Waals surface area contributed by atoms with E-state index in [0.717, 1.165) is 5.56 Å². The molecule has 0 heterocycles. The summed E-state index contributed by atoms with van der Waals surface area (Å²) in [6.07, 6.45) is 1.43. The lowest BCUT2D eigenvalue weighted by Crippen LogP contribution is -2.13. The van der Waals surface area contributed by atoms with Crippen LogP contribution in [-0.4, -0.2) is 17.9 Å². The Labute approximate surface area is 184 Å². The lowest BCUT2D eigenvalue weighted by atomic mass is 10.1. The van der Waals surface area contributed by atoms with Crippen LogP contribution >= 0.6 is 0 Å². The number of methoxy groups -OCH3 is 1. The van der Waals surface area contributed by atoms with Crippen LogP contribution in [0.5, 0.6) is 11.5 Å². The van der Waals surface area contributed by atoms with Gasteiger partial charge in [-0.05, 0) is 41.5 Å². The summed E-state index contributed by atoms with van der Waals surface area (Å²) in [5, 5.41) is 22.7. The van der Waals surface area contributed by atoms with Crippen LogP contribution in [0, 0.1) is 21.4 Å². The molecule has 0 aromatic heterocycles. The minimum atomic E-state index is -0.635. The van der Waals surface area contributed by atoms with Gasteiger partial charge in [-0.1, -0.05) is 36.4 Å². The molecule has 0 aliphatic heterocycles. The van der Waals surface area contributed by atoms with Gasteiger partial charge in [-0.25, -0.2) is 0 Å². The van der Waals surface area contributed by atoms with E-state index in [-0.39, 0.29) is 11.3 Å². The highest BCUT2D eigenvalue weighted by atomic mass is 16.6. The van der Waals surface area contributed by atoms with Gasteiger partial charge in [0.05, 0.1) is 12.0 Å². The third kappa shape index (κ3) is 5.70. The summed E-state index contributed by atoms with van der Waals surface area (Å²) < 4.78 is 11.2. The van der Waals surface area contributed by atoms with Crippen LogP contribution < -0.4 is 14.8 Å². The van der Waals surface area contributed by atoms with Crippen LogP contribution in [0.3, 0.4) is 0 Å². The number of nitrogens with zero attached hydrogens (tertiary/aromatic N) is 2. The van der Waals surface area contributed by atoms with Crippen molar-refractivity contribution in [2.75, 3.05) is 12.4 Å². The molecule has 3 rings (SSSR count). The average molecular weight is 429 g/mol. The lowest BCUT2D eigenvalue weighted by molar-refractivity contribution is -0.384. The van der Waals surface area contributed by atoms with Crippen LogP contribution in [0.15, 0.2) is 78.4 Å². The number of anilines is 1. The molecule has 0 spiro atoms. The second-order valence-electron chi connectivity index (χ2n) is 6.61. The number of nitriles is 1. The van der Waals surface area contributed by atoms with E-state index in [1.165, 1.54) is 37.5 Å². The van der Waals surface area contributed by atoms with Crippen molar-refractivity contribution in [3.63, 3.8) is 0 Å². The molecule has 0 fully saturated rings. The standard InChI is InChI=1S/C24H19N3O5/c1-31-22-12-7-18(14-23(22)32-16-17-5-3-2-4-6-17)13-19(15-25)24(28)26-20-8-10-21(11-9-20)27(29)30/h2-14H,16H2,1H3,(H,26,28)/b19-13+. The Balaban J connectivity index is 1.77. The molecule has 0 unspecified atom stereocenters. The van der Waals surface area contributed by atoms with Crippen molar-refractivity contribution in [3.8, 4) is 17.6 Å². The summed E-state index contributed by atoms with van der Waals surface area (Å²) >= 11 is 0. The predicted molar refractivity (Wildman–Crippen MR) is 119 cm³/mol. The van der Waals surface area contributed by atoms with Crippen LogP contribution in [0.1, 0.15) is 11.1 Å². The molecular weight excluding hydrogens is 410 g/mol. The van der Waals surface area contributed by atoms with E-state index in [2.05, 4.69) is 5.32 Å². The predicted octanol–water partition coefficient (Wildman–Crippen LogP) is 4.73. The van der Waals surface area contributed by atoms with Gasteiger partial charge in [0.2, 0.25) is 0 Å². The number of nitro groups is 1. The summed E-state index contributed by atoms with van der Waals surface area (Å²) in [4.78, 5) is 22.7. The van der Waals surface area contributed by atoms with Gasteiger partial charge >= 0.3 is 0 Å². The minimum Gasteiger partial charge on any atom is -0.493 e. The number of carbonyl (C=O) groups excluding carboxylic acids is 1.